The number of aromatic amines is 1. The van der Waals surface area contributed by atoms with Crippen molar-refractivity contribution >= 4 is 79.3 Å². The zero-order chi connectivity index (χ0) is 38.1. The quantitative estimate of drug-likeness (QED) is 0.0845. The van der Waals surface area contributed by atoms with E-state index in [1.165, 1.54) is 16.9 Å². The van der Waals surface area contributed by atoms with Crippen LogP contribution in [0.15, 0.2) is 36.2 Å². The van der Waals surface area contributed by atoms with Crippen molar-refractivity contribution in [2.45, 2.75) is 76.2 Å². The third kappa shape index (κ3) is 7.80. The van der Waals surface area contributed by atoms with Crippen LogP contribution in [0.5, 0.6) is 0 Å². The summed E-state index contributed by atoms with van der Waals surface area (Å²) in [5, 5.41) is -0.110. The average Bonchev–Trinajstić information content (AvgIpc) is 3.85. The van der Waals surface area contributed by atoms with E-state index in [0.29, 0.717) is 35.4 Å². The topological polar surface area (TPSA) is 244 Å². The van der Waals surface area contributed by atoms with Crippen molar-refractivity contribution in [3.05, 3.63) is 41.7 Å². The summed E-state index contributed by atoms with van der Waals surface area (Å²) >= 11 is 10.1. The molecule has 24 heteroatoms. The van der Waals surface area contributed by atoms with Crippen LogP contribution in [0.3, 0.4) is 0 Å². The van der Waals surface area contributed by atoms with Crippen LogP contribution < -0.4 is 11.3 Å². The normalized spacial score (nSPS) is 25.4. The summed E-state index contributed by atoms with van der Waals surface area (Å²) in [6, 6.07) is -0.228. The second-order valence-electron chi connectivity index (χ2n) is 14.8. The van der Waals surface area contributed by atoms with E-state index in [9.17, 15) is 19.5 Å². The number of fused-ring (bicyclic) bond motifs is 3. The molecule has 2 aliphatic rings. The summed E-state index contributed by atoms with van der Waals surface area (Å²) in [5.41, 5.74) is 7.34. The van der Waals surface area contributed by atoms with Gasteiger partial charge in [-0.05, 0) is 54.1 Å². The molecule has 1 saturated heterocycles. The Morgan fingerprint density at radius 3 is 2.45 bits per heavy atom. The van der Waals surface area contributed by atoms with Crippen molar-refractivity contribution in [3.8, 4) is 0 Å². The highest BCUT2D eigenvalue weighted by atomic mass is 32.5. The van der Waals surface area contributed by atoms with Crippen molar-refractivity contribution in [1.29, 1.82) is 0 Å². The Labute approximate surface area is 314 Å². The fourth-order valence-electron chi connectivity index (χ4n) is 6.57. The predicted molar refractivity (Wildman–Crippen MR) is 203 cm³/mol. The van der Waals surface area contributed by atoms with Gasteiger partial charge in [-0.3, -0.25) is 9.36 Å². The second kappa shape index (κ2) is 14.2. The van der Waals surface area contributed by atoms with E-state index >= 15 is 0 Å². The summed E-state index contributed by atoms with van der Waals surface area (Å²) in [6.07, 6.45) is 6.83. The maximum atomic E-state index is 13.1. The third-order valence-corrected chi connectivity index (χ3v) is 17.4. The minimum atomic E-state index is -3.91. The van der Waals surface area contributed by atoms with Gasteiger partial charge in [-0.15, -0.1) is 0 Å². The van der Waals surface area contributed by atoms with Crippen LogP contribution in [-0.2, 0) is 46.3 Å². The number of nitrogens with one attached hydrogen (secondary N) is 1. The zero-order valence-electron chi connectivity index (χ0n) is 29.5. The van der Waals surface area contributed by atoms with E-state index in [2.05, 4.69) is 75.6 Å². The number of nitrogens with two attached hydrogens (primary N) is 1. The molecule has 19 nitrogen and oxygen atoms in total. The summed E-state index contributed by atoms with van der Waals surface area (Å²) < 4.78 is 35.4. The molecule has 2 fully saturated rings. The molecule has 7 rings (SSSR count). The molecule has 6 heterocycles. The lowest BCUT2D eigenvalue weighted by Crippen LogP contribution is -2.46. The number of nitrogen functional groups attached to an aromatic ring is 1. The lowest BCUT2D eigenvalue weighted by atomic mass is 9.70. The van der Waals surface area contributed by atoms with Crippen LogP contribution >= 0.6 is 13.4 Å². The van der Waals surface area contributed by atoms with Crippen LogP contribution in [0.2, 0.25) is 18.1 Å². The van der Waals surface area contributed by atoms with Gasteiger partial charge in [0.25, 0.3) is 5.56 Å². The molecule has 1 aliphatic heterocycles. The van der Waals surface area contributed by atoms with Crippen molar-refractivity contribution in [2.75, 3.05) is 25.6 Å². The average molecular weight is 829 g/mol. The molecule has 0 bridgehead atoms. The lowest BCUT2D eigenvalue weighted by Gasteiger charge is -2.45. The highest BCUT2D eigenvalue weighted by Crippen LogP contribution is 2.52. The van der Waals surface area contributed by atoms with Crippen LogP contribution in [0.25, 0.3) is 28.1 Å². The molecule has 0 radical (unpaired) electrons. The monoisotopic (exact) mass is 828 g/mol. The van der Waals surface area contributed by atoms with Crippen LogP contribution in [-0.4, -0.2) is 98.5 Å². The number of nitrogens with zero attached hydrogens (tertiary/aromatic N) is 8. The van der Waals surface area contributed by atoms with Gasteiger partial charge in [0, 0.05) is 30.8 Å². The molecule has 7 atom stereocenters. The van der Waals surface area contributed by atoms with Gasteiger partial charge in [0.2, 0.25) is 5.78 Å². The SMILES string of the molecule is CC(C)(C)[Si](C)(C)OC1C[C@H](n2cnc3c(=O)n4ccnc4[nH]c32)O[C@@H]1COP(O)(=S)OC[C@@H]1[C@@H](COP(O)(O)=S)C[C@H]1n1cnc2c(N)ncnc21. The van der Waals surface area contributed by atoms with Gasteiger partial charge in [0.15, 0.2) is 25.3 Å². The maximum absolute atomic E-state index is 13.1. The van der Waals surface area contributed by atoms with Gasteiger partial charge >= 0.3 is 13.4 Å². The largest absolute Gasteiger partial charge is 0.411 e. The van der Waals surface area contributed by atoms with Gasteiger partial charge < -0.3 is 52.7 Å². The molecular weight excluding hydrogens is 787 g/mol. The second-order valence-corrected chi connectivity index (χ2v) is 25.1. The van der Waals surface area contributed by atoms with Gasteiger partial charge in [0.1, 0.15) is 29.8 Å². The van der Waals surface area contributed by atoms with E-state index in [-0.39, 0.29) is 59.6 Å². The zero-order valence-corrected chi connectivity index (χ0v) is 34.0. The smallest absolute Gasteiger partial charge is 0.324 e. The molecule has 288 valence electrons. The van der Waals surface area contributed by atoms with E-state index < -0.39 is 40.2 Å². The molecule has 1 saturated carbocycles. The minimum Gasteiger partial charge on any atom is -0.411 e. The summed E-state index contributed by atoms with van der Waals surface area (Å²) in [7, 11) is -2.32. The standard InChI is InChI=1S/C29H42N10O9P2S2Si/c1-29(2,3)53(4,5)48-19-9-21(39-15-35-23-26(39)36-28-31-6-7-37(28)27(23)40)47-20(19)12-46-50(43,52)45-11-17-16(10-44-49(41,42)51)8-18(17)38-14-34-22-24(30)32-13-33-25(22)38/h6-7,13-21H,8-12H2,1-5H3,(H,31,36)(H,43,52)(H2,30,32,33)(H2,41,42,51)/t16-,17-,18-,19?,20-,21-,50?/m1/s1. The van der Waals surface area contributed by atoms with Gasteiger partial charge in [-0.25, -0.2) is 29.3 Å². The maximum Gasteiger partial charge on any atom is 0.324 e. The first-order valence-corrected chi connectivity index (χ1v) is 24.9. The predicted octanol–water partition coefficient (Wildman–Crippen LogP) is 3.13. The summed E-state index contributed by atoms with van der Waals surface area (Å²) in [4.78, 5) is 68.3. The van der Waals surface area contributed by atoms with E-state index in [1.54, 1.807) is 23.4 Å². The summed E-state index contributed by atoms with van der Waals surface area (Å²) in [6.45, 7) is 2.69. The Kier molecular flexibility index (Phi) is 10.4. The van der Waals surface area contributed by atoms with Gasteiger partial charge in [-0.2, -0.15) is 0 Å². The molecule has 0 aromatic carbocycles. The fourth-order valence-corrected chi connectivity index (χ4v) is 9.63. The Hall–Kier alpha value is -2.56. The molecule has 0 spiro atoms. The van der Waals surface area contributed by atoms with Crippen molar-refractivity contribution in [1.82, 2.24) is 43.4 Å². The van der Waals surface area contributed by atoms with E-state index in [1.807, 2.05) is 4.57 Å². The molecular formula is C29H42N10O9P2S2Si. The van der Waals surface area contributed by atoms with E-state index in [0.717, 1.165) is 0 Å². The number of anilines is 1. The Balaban J connectivity index is 1.08. The van der Waals surface area contributed by atoms with Crippen LogP contribution in [0, 0.1) is 11.8 Å². The Morgan fingerprint density at radius 2 is 1.72 bits per heavy atom. The molecule has 5 aromatic rings. The van der Waals surface area contributed by atoms with Gasteiger partial charge in [0.05, 0.1) is 38.6 Å². The number of hydrogen-bond donors (Lipinski definition) is 5. The van der Waals surface area contributed by atoms with Crippen molar-refractivity contribution in [2.24, 2.45) is 11.8 Å². The number of aromatic nitrogens is 9. The highest BCUT2D eigenvalue weighted by Gasteiger charge is 2.47. The first-order valence-electron chi connectivity index (χ1n) is 16.8. The number of imidazole rings is 3. The molecule has 5 aromatic heterocycles. The first kappa shape index (κ1) is 38.7. The molecule has 6 N–H and O–H groups in total. The molecule has 0 amide bonds. The first-order chi connectivity index (χ1) is 24.8. The molecule has 2 unspecified atom stereocenters. The molecule has 53 heavy (non-hydrogen) atoms. The number of H-pyrrole nitrogens is 1. The minimum absolute atomic E-state index is 0.0439. The van der Waals surface area contributed by atoms with Crippen LogP contribution in [0.1, 0.15) is 45.9 Å². The fraction of sp³-hybridized carbons (Fsp3) is 0.586. The number of hydrogen-bond acceptors (Lipinski definition) is 14. The third-order valence-electron chi connectivity index (χ3n) is 10.5. The van der Waals surface area contributed by atoms with Crippen LogP contribution in [0.4, 0.5) is 5.82 Å². The van der Waals surface area contributed by atoms with E-state index in [4.69, 9.17) is 40.3 Å². The Morgan fingerprint density at radius 1 is 1.00 bits per heavy atom. The number of ether oxygens (including phenoxy) is 1. The molecule has 1 aliphatic carbocycles. The number of rotatable bonds is 13. The van der Waals surface area contributed by atoms with Crippen molar-refractivity contribution in [3.63, 3.8) is 0 Å². The Bertz CT molecular complexity index is 2310. The van der Waals surface area contributed by atoms with Gasteiger partial charge in [-0.1, -0.05) is 20.8 Å². The van der Waals surface area contributed by atoms with Crippen molar-refractivity contribution < 1.29 is 37.4 Å². The highest BCUT2D eigenvalue weighted by molar-refractivity contribution is 8.07. The summed E-state index contributed by atoms with van der Waals surface area (Å²) in [5.74, 6) is 0.0454. The lowest BCUT2D eigenvalue weighted by molar-refractivity contribution is -0.0419.